The van der Waals surface area contributed by atoms with Crippen molar-refractivity contribution in [3.8, 4) is 0 Å². The molecule has 0 bridgehead atoms. The lowest BCUT2D eigenvalue weighted by Crippen LogP contribution is -2.31. The molecule has 0 saturated carbocycles. The average molecular weight is 356 g/mol. The summed E-state index contributed by atoms with van der Waals surface area (Å²) in [4.78, 5) is 37.9. The number of hydrogen-bond acceptors (Lipinski definition) is 4. The van der Waals surface area contributed by atoms with Crippen LogP contribution in [0.1, 0.15) is 15.9 Å². The lowest BCUT2D eigenvalue weighted by molar-refractivity contribution is -0.116. The first-order valence-corrected chi connectivity index (χ1v) is 8.35. The zero-order valence-corrected chi connectivity index (χ0v) is 15.3. The van der Waals surface area contributed by atoms with E-state index in [1.54, 1.807) is 36.5 Å². The third-order valence-electron chi connectivity index (χ3n) is 3.74. The molecule has 0 aliphatic carbocycles. The molecule has 0 unspecified atom stereocenters. The number of pyridine rings is 1. The molecular weight excluding hydrogens is 332 g/mol. The number of rotatable bonds is 7. The van der Waals surface area contributed by atoms with Crippen LogP contribution in [0.15, 0.2) is 47.4 Å². The number of anilines is 1. The lowest BCUT2D eigenvalue weighted by Gasteiger charge is -2.11. The number of amides is 2. The van der Waals surface area contributed by atoms with Crippen molar-refractivity contribution in [1.82, 2.24) is 14.8 Å². The standard InChI is InChI=1S/C19H24N4O3/c1-14-8-10-23(18(25)12-14)13-17(24)21-16-6-4-15(5-7-16)19(26)20-9-11-22(2)3/h4-8,10,12H,9,11,13H2,1-3H3,(H,20,26)(H,21,24). The maximum Gasteiger partial charge on any atom is 0.251 e. The van der Waals surface area contributed by atoms with E-state index in [1.165, 1.54) is 10.6 Å². The maximum atomic E-state index is 12.1. The van der Waals surface area contributed by atoms with Crippen LogP contribution < -0.4 is 16.2 Å². The summed E-state index contributed by atoms with van der Waals surface area (Å²) < 4.78 is 1.34. The van der Waals surface area contributed by atoms with E-state index < -0.39 is 0 Å². The van der Waals surface area contributed by atoms with Crippen molar-refractivity contribution in [3.63, 3.8) is 0 Å². The number of carbonyl (C=O) groups excluding carboxylic acids is 2. The molecule has 0 atom stereocenters. The number of hydrogen-bond donors (Lipinski definition) is 2. The van der Waals surface area contributed by atoms with Gasteiger partial charge in [-0.3, -0.25) is 14.4 Å². The van der Waals surface area contributed by atoms with E-state index in [9.17, 15) is 14.4 Å². The van der Waals surface area contributed by atoms with Gasteiger partial charge in [0.2, 0.25) is 5.91 Å². The van der Waals surface area contributed by atoms with E-state index in [4.69, 9.17) is 0 Å². The fraction of sp³-hybridized carbons (Fsp3) is 0.316. The van der Waals surface area contributed by atoms with Gasteiger partial charge in [0.1, 0.15) is 6.54 Å². The predicted molar refractivity (Wildman–Crippen MR) is 101 cm³/mol. The zero-order chi connectivity index (χ0) is 19.1. The number of benzene rings is 1. The molecule has 2 aromatic rings. The lowest BCUT2D eigenvalue weighted by atomic mass is 10.2. The van der Waals surface area contributed by atoms with Gasteiger partial charge in [-0.15, -0.1) is 0 Å². The molecule has 1 heterocycles. The molecule has 0 spiro atoms. The van der Waals surface area contributed by atoms with Crippen LogP contribution in [0.5, 0.6) is 0 Å². The number of nitrogens with zero attached hydrogens (tertiary/aromatic N) is 2. The number of carbonyl (C=O) groups is 2. The second-order valence-electron chi connectivity index (χ2n) is 6.35. The summed E-state index contributed by atoms with van der Waals surface area (Å²) in [5.74, 6) is -0.463. The predicted octanol–water partition coefficient (Wildman–Crippen LogP) is 1.09. The van der Waals surface area contributed by atoms with Gasteiger partial charge >= 0.3 is 0 Å². The quantitative estimate of drug-likeness (QED) is 0.778. The summed E-state index contributed by atoms with van der Waals surface area (Å²) in [6.45, 7) is 3.09. The van der Waals surface area contributed by atoms with Gasteiger partial charge in [-0.05, 0) is 56.9 Å². The topological polar surface area (TPSA) is 83.4 Å². The highest BCUT2D eigenvalue weighted by molar-refractivity contribution is 5.95. The largest absolute Gasteiger partial charge is 0.351 e. The van der Waals surface area contributed by atoms with Gasteiger partial charge in [-0.2, -0.15) is 0 Å². The van der Waals surface area contributed by atoms with Crippen LogP contribution in [0.2, 0.25) is 0 Å². The monoisotopic (exact) mass is 356 g/mol. The molecule has 0 aliphatic rings. The highest BCUT2D eigenvalue weighted by Gasteiger charge is 2.08. The Hall–Kier alpha value is -2.93. The fourth-order valence-electron chi connectivity index (χ4n) is 2.29. The van der Waals surface area contributed by atoms with Crippen molar-refractivity contribution >= 4 is 17.5 Å². The molecule has 0 fully saturated rings. The summed E-state index contributed by atoms with van der Waals surface area (Å²) in [6, 6.07) is 9.89. The summed E-state index contributed by atoms with van der Waals surface area (Å²) in [6.07, 6.45) is 1.60. The summed E-state index contributed by atoms with van der Waals surface area (Å²) in [5.41, 5.74) is 1.73. The molecule has 2 amide bonds. The van der Waals surface area contributed by atoms with Crippen molar-refractivity contribution in [2.24, 2.45) is 0 Å². The van der Waals surface area contributed by atoms with Crippen molar-refractivity contribution in [2.75, 3.05) is 32.5 Å². The van der Waals surface area contributed by atoms with Crippen molar-refractivity contribution < 1.29 is 9.59 Å². The Morgan fingerprint density at radius 1 is 1.12 bits per heavy atom. The Bertz CT molecular complexity index is 825. The summed E-state index contributed by atoms with van der Waals surface area (Å²) in [5, 5.41) is 5.55. The number of aromatic nitrogens is 1. The fourth-order valence-corrected chi connectivity index (χ4v) is 2.29. The first kappa shape index (κ1) is 19.4. The minimum atomic E-state index is -0.306. The van der Waals surface area contributed by atoms with Crippen molar-refractivity contribution in [3.05, 3.63) is 64.1 Å². The Kier molecular flexibility index (Phi) is 6.68. The van der Waals surface area contributed by atoms with Crippen LogP contribution in [-0.4, -0.2) is 48.5 Å². The van der Waals surface area contributed by atoms with Crippen molar-refractivity contribution in [2.45, 2.75) is 13.5 Å². The van der Waals surface area contributed by atoms with E-state index in [2.05, 4.69) is 10.6 Å². The molecule has 1 aromatic heterocycles. The molecule has 7 heteroatoms. The number of likely N-dealkylation sites (N-methyl/N-ethyl adjacent to an activating group) is 1. The molecule has 2 rings (SSSR count). The van der Waals surface area contributed by atoms with E-state index in [1.807, 2.05) is 25.9 Å². The number of aryl methyl sites for hydroxylation is 1. The Morgan fingerprint density at radius 2 is 1.81 bits per heavy atom. The highest BCUT2D eigenvalue weighted by Crippen LogP contribution is 2.09. The smallest absolute Gasteiger partial charge is 0.251 e. The summed E-state index contributed by atoms with van der Waals surface area (Å²) in [7, 11) is 3.88. The molecule has 26 heavy (non-hydrogen) atoms. The van der Waals surface area contributed by atoms with Crippen LogP contribution in [0.3, 0.4) is 0 Å². The number of nitrogens with one attached hydrogen (secondary N) is 2. The van der Waals surface area contributed by atoms with Gasteiger partial charge in [0.05, 0.1) is 0 Å². The average Bonchev–Trinajstić information content (AvgIpc) is 2.57. The third kappa shape index (κ3) is 5.86. The molecule has 0 saturated heterocycles. The van der Waals surface area contributed by atoms with E-state index in [0.29, 0.717) is 17.8 Å². The SMILES string of the molecule is Cc1ccn(CC(=O)Nc2ccc(C(=O)NCCN(C)C)cc2)c(=O)c1. The van der Waals surface area contributed by atoms with Crippen LogP contribution in [0.25, 0.3) is 0 Å². The van der Waals surface area contributed by atoms with Crippen molar-refractivity contribution in [1.29, 1.82) is 0 Å². The first-order valence-electron chi connectivity index (χ1n) is 8.35. The molecule has 2 N–H and O–H groups in total. The van der Waals surface area contributed by atoms with Gasteiger partial charge in [0.25, 0.3) is 11.5 Å². The second-order valence-corrected chi connectivity index (χ2v) is 6.35. The van der Waals surface area contributed by atoms with E-state index >= 15 is 0 Å². The normalized spacial score (nSPS) is 10.6. The van der Waals surface area contributed by atoms with Crippen LogP contribution in [0.4, 0.5) is 5.69 Å². The molecule has 0 radical (unpaired) electrons. The molecular formula is C19H24N4O3. The van der Waals surface area contributed by atoms with Gasteiger partial charge in [-0.25, -0.2) is 0 Å². The van der Waals surface area contributed by atoms with Gasteiger partial charge in [-0.1, -0.05) is 0 Å². The Morgan fingerprint density at radius 3 is 2.42 bits per heavy atom. The molecule has 138 valence electrons. The minimum absolute atomic E-state index is 0.0636. The Balaban J connectivity index is 1.90. The highest BCUT2D eigenvalue weighted by atomic mass is 16.2. The van der Waals surface area contributed by atoms with Crippen LogP contribution in [0, 0.1) is 6.92 Å². The van der Waals surface area contributed by atoms with E-state index in [-0.39, 0.29) is 23.9 Å². The second kappa shape index (κ2) is 8.96. The summed E-state index contributed by atoms with van der Waals surface area (Å²) >= 11 is 0. The maximum absolute atomic E-state index is 12.1. The van der Waals surface area contributed by atoms with E-state index in [0.717, 1.165) is 12.1 Å². The van der Waals surface area contributed by atoms with Gasteiger partial charge in [0, 0.05) is 36.6 Å². The third-order valence-corrected chi connectivity index (χ3v) is 3.74. The molecule has 7 nitrogen and oxygen atoms in total. The Labute approximate surface area is 152 Å². The molecule has 0 aliphatic heterocycles. The van der Waals surface area contributed by atoms with Crippen LogP contribution in [-0.2, 0) is 11.3 Å². The zero-order valence-electron chi connectivity index (χ0n) is 15.3. The molecule has 1 aromatic carbocycles. The van der Waals surface area contributed by atoms with Gasteiger partial charge in [0.15, 0.2) is 0 Å². The van der Waals surface area contributed by atoms with Crippen LogP contribution >= 0.6 is 0 Å². The minimum Gasteiger partial charge on any atom is -0.351 e. The first-order chi connectivity index (χ1) is 12.3. The van der Waals surface area contributed by atoms with Gasteiger partial charge < -0.3 is 20.1 Å².